The van der Waals surface area contributed by atoms with Crippen LogP contribution in [0.3, 0.4) is 0 Å². The van der Waals surface area contributed by atoms with E-state index in [9.17, 15) is 0 Å². The molecular formula is C51H33N5. The van der Waals surface area contributed by atoms with Crippen LogP contribution in [0.5, 0.6) is 0 Å². The Hall–Kier alpha value is -7.63. The lowest BCUT2D eigenvalue weighted by Crippen LogP contribution is -2.01. The highest BCUT2D eigenvalue weighted by molar-refractivity contribution is 6.10. The van der Waals surface area contributed by atoms with Gasteiger partial charge in [0.15, 0.2) is 17.5 Å². The minimum atomic E-state index is 0.622. The van der Waals surface area contributed by atoms with Crippen LogP contribution in [-0.4, -0.2) is 24.1 Å². The molecule has 0 radical (unpaired) electrons. The van der Waals surface area contributed by atoms with Crippen molar-refractivity contribution in [2.24, 2.45) is 0 Å². The Morgan fingerprint density at radius 2 is 0.696 bits per heavy atom. The van der Waals surface area contributed by atoms with E-state index in [-0.39, 0.29) is 0 Å². The third-order valence-corrected chi connectivity index (χ3v) is 10.8. The zero-order valence-electron chi connectivity index (χ0n) is 30.3. The van der Waals surface area contributed by atoms with Crippen LogP contribution in [0.4, 0.5) is 0 Å². The molecule has 0 bridgehead atoms. The summed E-state index contributed by atoms with van der Waals surface area (Å²) in [5, 5.41) is 4.94. The van der Waals surface area contributed by atoms with Gasteiger partial charge in [-0.05, 0) is 48.0 Å². The number of fused-ring (bicyclic) bond motifs is 6. The maximum Gasteiger partial charge on any atom is 0.164 e. The summed E-state index contributed by atoms with van der Waals surface area (Å²) in [6.07, 6.45) is 0. The first-order valence-corrected chi connectivity index (χ1v) is 18.9. The van der Waals surface area contributed by atoms with E-state index in [4.69, 9.17) is 15.0 Å². The van der Waals surface area contributed by atoms with Gasteiger partial charge in [0, 0.05) is 49.5 Å². The first-order valence-electron chi connectivity index (χ1n) is 18.9. The van der Waals surface area contributed by atoms with Crippen molar-refractivity contribution in [2.45, 2.75) is 0 Å². The van der Waals surface area contributed by atoms with Gasteiger partial charge < -0.3 is 9.13 Å². The average molecular weight is 716 g/mol. The summed E-state index contributed by atoms with van der Waals surface area (Å²) in [5.41, 5.74) is 11.9. The predicted octanol–water partition coefficient (Wildman–Crippen LogP) is 12.7. The second-order valence-electron chi connectivity index (χ2n) is 14.1. The van der Waals surface area contributed by atoms with Gasteiger partial charge in [-0.2, -0.15) is 0 Å². The topological polar surface area (TPSA) is 48.5 Å². The van der Waals surface area contributed by atoms with Crippen molar-refractivity contribution in [1.29, 1.82) is 0 Å². The number of hydrogen-bond acceptors (Lipinski definition) is 3. The van der Waals surface area contributed by atoms with Gasteiger partial charge in [-0.3, -0.25) is 0 Å². The van der Waals surface area contributed by atoms with Crippen LogP contribution in [0.25, 0.3) is 100 Å². The number of benzene rings is 8. The van der Waals surface area contributed by atoms with Crippen LogP contribution in [-0.2, 0) is 0 Å². The quantitative estimate of drug-likeness (QED) is 0.172. The van der Waals surface area contributed by atoms with Gasteiger partial charge in [0.25, 0.3) is 0 Å². The summed E-state index contributed by atoms with van der Waals surface area (Å²) in [5.74, 6) is 1.88. The van der Waals surface area contributed by atoms with Gasteiger partial charge >= 0.3 is 0 Å². The molecule has 0 spiro atoms. The number of aromatic nitrogens is 5. The number of nitrogens with zero attached hydrogens (tertiary/aromatic N) is 5. The Balaban J connectivity index is 1.03. The monoisotopic (exact) mass is 715 g/mol. The maximum atomic E-state index is 5.14. The predicted molar refractivity (Wildman–Crippen MR) is 230 cm³/mol. The van der Waals surface area contributed by atoms with Crippen molar-refractivity contribution in [3.8, 4) is 56.7 Å². The van der Waals surface area contributed by atoms with Crippen molar-refractivity contribution in [3.05, 3.63) is 200 Å². The van der Waals surface area contributed by atoms with Crippen molar-refractivity contribution in [1.82, 2.24) is 24.1 Å². The standard InChI is InChI=1S/C51H33N5/c1-2-15-35(16-3-1)49-52-50(54-51(53-49)37-17-14-18-38(33-37)55-45-25-10-5-20-40(45)41-21-6-11-26-46(41)55)36-31-29-34(30-32-36)39-19-4-9-24-44(39)56-47-27-12-7-22-42(47)43-23-8-13-28-48(43)56/h1-33H. The third kappa shape index (κ3) is 5.21. The number of para-hydroxylation sites is 5. The second kappa shape index (κ2) is 13.0. The van der Waals surface area contributed by atoms with Gasteiger partial charge in [-0.15, -0.1) is 0 Å². The van der Waals surface area contributed by atoms with E-state index in [0.29, 0.717) is 17.5 Å². The normalized spacial score (nSPS) is 11.6. The van der Waals surface area contributed by atoms with Crippen LogP contribution >= 0.6 is 0 Å². The summed E-state index contributed by atoms with van der Waals surface area (Å²) < 4.78 is 4.70. The maximum absolute atomic E-state index is 5.14. The van der Waals surface area contributed by atoms with Gasteiger partial charge in [0.2, 0.25) is 0 Å². The Morgan fingerprint density at radius 1 is 0.286 bits per heavy atom. The molecule has 3 heterocycles. The van der Waals surface area contributed by atoms with Crippen LogP contribution < -0.4 is 0 Å². The van der Waals surface area contributed by atoms with Gasteiger partial charge in [0.1, 0.15) is 0 Å². The molecule has 5 heteroatoms. The smallest absolute Gasteiger partial charge is 0.164 e. The zero-order chi connectivity index (χ0) is 37.0. The highest BCUT2D eigenvalue weighted by Crippen LogP contribution is 2.37. The Bertz CT molecular complexity index is 3140. The molecule has 0 aliphatic heterocycles. The molecule has 0 fully saturated rings. The minimum Gasteiger partial charge on any atom is -0.309 e. The van der Waals surface area contributed by atoms with E-state index in [0.717, 1.165) is 50.2 Å². The Morgan fingerprint density at radius 3 is 1.27 bits per heavy atom. The third-order valence-electron chi connectivity index (χ3n) is 10.8. The second-order valence-corrected chi connectivity index (χ2v) is 14.1. The molecule has 0 saturated heterocycles. The van der Waals surface area contributed by atoms with Crippen molar-refractivity contribution >= 4 is 43.6 Å². The first-order chi connectivity index (χ1) is 27.8. The summed E-state index contributed by atoms with van der Waals surface area (Å²) in [6.45, 7) is 0. The molecule has 0 atom stereocenters. The molecule has 8 aromatic carbocycles. The van der Waals surface area contributed by atoms with E-state index < -0.39 is 0 Å². The van der Waals surface area contributed by atoms with Crippen molar-refractivity contribution in [3.63, 3.8) is 0 Å². The molecule has 0 aliphatic rings. The lowest BCUT2D eigenvalue weighted by atomic mass is 10.0. The zero-order valence-corrected chi connectivity index (χ0v) is 30.3. The van der Waals surface area contributed by atoms with Crippen molar-refractivity contribution in [2.75, 3.05) is 0 Å². The van der Waals surface area contributed by atoms with Crippen LogP contribution in [0.1, 0.15) is 0 Å². The molecule has 56 heavy (non-hydrogen) atoms. The first kappa shape index (κ1) is 31.9. The fourth-order valence-corrected chi connectivity index (χ4v) is 8.23. The summed E-state index contributed by atoms with van der Waals surface area (Å²) >= 11 is 0. The summed E-state index contributed by atoms with van der Waals surface area (Å²) in [4.78, 5) is 15.3. The molecular weight excluding hydrogens is 683 g/mol. The van der Waals surface area contributed by atoms with Crippen LogP contribution in [0.2, 0.25) is 0 Å². The van der Waals surface area contributed by atoms with E-state index in [2.05, 4.69) is 179 Å². The fraction of sp³-hybridized carbons (Fsp3) is 0. The molecule has 0 aliphatic carbocycles. The van der Waals surface area contributed by atoms with Crippen LogP contribution in [0, 0.1) is 0 Å². The average Bonchev–Trinajstić information content (AvgIpc) is 3.80. The lowest BCUT2D eigenvalue weighted by molar-refractivity contribution is 1.07. The van der Waals surface area contributed by atoms with Crippen LogP contribution in [0.15, 0.2) is 200 Å². The minimum absolute atomic E-state index is 0.622. The fourth-order valence-electron chi connectivity index (χ4n) is 8.23. The van der Waals surface area contributed by atoms with Gasteiger partial charge in [0.05, 0.1) is 27.8 Å². The molecule has 0 unspecified atom stereocenters. The molecule has 3 aromatic heterocycles. The molecule has 0 N–H and O–H groups in total. The molecule has 11 aromatic rings. The molecule has 0 amide bonds. The van der Waals surface area contributed by atoms with Gasteiger partial charge in [-0.1, -0.05) is 158 Å². The summed E-state index contributed by atoms with van der Waals surface area (Å²) in [7, 11) is 0. The largest absolute Gasteiger partial charge is 0.309 e. The Labute approximate surface area is 323 Å². The van der Waals surface area contributed by atoms with E-state index in [1.165, 1.54) is 32.6 Å². The molecule has 5 nitrogen and oxygen atoms in total. The highest BCUT2D eigenvalue weighted by Gasteiger charge is 2.18. The van der Waals surface area contributed by atoms with E-state index >= 15 is 0 Å². The molecule has 0 saturated carbocycles. The number of rotatable bonds is 6. The van der Waals surface area contributed by atoms with E-state index in [1.807, 2.05) is 30.3 Å². The highest BCUT2D eigenvalue weighted by atomic mass is 15.0. The van der Waals surface area contributed by atoms with E-state index in [1.54, 1.807) is 0 Å². The molecule has 262 valence electrons. The molecule has 11 rings (SSSR count). The summed E-state index contributed by atoms with van der Waals surface area (Å²) in [6, 6.07) is 70.3. The SMILES string of the molecule is c1ccc(-c2nc(-c3ccc(-c4ccccc4-n4c5ccccc5c5ccccc54)cc3)nc(-c3cccc(-n4c5ccccc5c5ccccc54)c3)n2)cc1. The van der Waals surface area contributed by atoms with Crippen molar-refractivity contribution < 1.29 is 0 Å². The Kier molecular flexibility index (Phi) is 7.42. The lowest BCUT2D eigenvalue weighted by Gasteiger charge is -2.14. The van der Waals surface area contributed by atoms with Gasteiger partial charge in [-0.25, -0.2) is 15.0 Å². The number of hydrogen-bond donors (Lipinski definition) is 0.